The van der Waals surface area contributed by atoms with Gasteiger partial charge in [0.05, 0.1) is 11.3 Å². The summed E-state index contributed by atoms with van der Waals surface area (Å²) in [6.07, 6.45) is 3.03. The fraction of sp³-hybridized carbons (Fsp3) is 0.200. The van der Waals surface area contributed by atoms with Gasteiger partial charge in [-0.3, -0.25) is 4.79 Å². The van der Waals surface area contributed by atoms with Crippen LogP contribution in [0, 0.1) is 0 Å². The second-order valence-electron chi connectivity index (χ2n) is 5.58. The van der Waals surface area contributed by atoms with E-state index in [1.54, 1.807) is 6.08 Å². The van der Waals surface area contributed by atoms with Crippen LogP contribution >= 0.6 is 11.6 Å². The van der Waals surface area contributed by atoms with E-state index in [1.807, 2.05) is 24.3 Å². The van der Waals surface area contributed by atoms with Crippen LogP contribution in [0.3, 0.4) is 0 Å². The summed E-state index contributed by atoms with van der Waals surface area (Å²) in [4.78, 5) is 25.5. The molecule has 0 atom stereocenters. The van der Waals surface area contributed by atoms with Crippen LogP contribution in [0.25, 0.3) is 6.08 Å². The molecule has 2 rings (SSSR count). The second kappa shape index (κ2) is 9.06. The van der Waals surface area contributed by atoms with E-state index in [0.717, 1.165) is 24.3 Å². The third kappa shape index (κ3) is 5.10. The summed E-state index contributed by atoms with van der Waals surface area (Å²) in [5, 5.41) is 12.1. The Kier molecular flexibility index (Phi) is 6.81. The Labute approximate surface area is 157 Å². The molecule has 5 nitrogen and oxygen atoms in total. The monoisotopic (exact) mass is 372 g/mol. The first-order chi connectivity index (χ1) is 12.4. The highest BCUT2D eigenvalue weighted by atomic mass is 35.5. The van der Waals surface area contributed by atoms with E-state index >= 15 is 0 Å². The quantitative estimate of drug-likeness (QED) is 0.700. The lowest BCUT2D eigenvalue weighted by molar-refractivity contribution is -0.111. The Bertz CT molecular complexity index is 812. The first-order valence-electron chi connectivity index (χ1n) is 8.31. The van der Waals surface area contributed by atoms with Crippen LogP contribution in [-0.2, 0) is 4.79 Å². The van der Waals surface area contributed by atoms with Gasteiger partial charge in [0.25, 0.3) is 0 Å². The van der Waals surface area contributed by atoms with Crippen LogP contribution in [-0.4, -0.2) is 30.1 Å². The largest absolute Gasteiger partial charge is 0.478 e. The van der Waals surface area contributed by atoms with Gasteiger partial charge in [-0.1, -0.05) is 23.7 Å². The number of benzene rings is 2. The number of aromatic carboxylic acids is 1. The van der Waals surface area contributed by atoms with Crippen molar-refractivity contribution < 1.29 is 14.7 Å². The van der Waals surface area contributed by atoms with Crippen LogP contribution in [0.4, 0.5) is 11.4 Å². The minimum Gasteiger partial charge on any atom is -0.478 e. The zero-order valence-electron chi connectivity index (χ0n) is 14.7. The number of hydrogen-bond acceptors (Lipinski definition) is 3. The fourth-order valence-corrected chi connectivity index (χ4v) is 2.71. The van der Waals surface area contributed by atoms with E-state index in [1.165, 1.54) is 24.3 Å². The third-order valence-corrected chi connectivity index (χ3v) is 4.15. The van der Waals surface area contributed by atoms with E-state index in [9.17, 15) is 14.7 Å². The minimum absolute atomic E-state index is 0.0141. The Balaban J connectivity index is 2.08. The molecule has 136 valence electrons. The standard InChI is InChI=1S/C20H21ClN2O3/c1-3-23(4-2)16-9-5-14(6-10-16)7-12-19(24)22-18-13-15(21)8-11-17(18)20(25)26/h5-13H,3-4H2,1-2H3,(H,22,24)(H,25,26)/b12-7+. The lowest BCUT2D eigenvalue weighted by Crippen LogP contribution is -2.21. The summed E-state index contributed by atoms with van der Waals surface area (Å²) >= 11 is 5.88. The third-order valence-electron chi connectivity index (χ3n) is 3.92. The number of anilines is 2. The summed E-state index contributed by atoms with van der Waals surface area (Å²) < 4.78 is 0. The first-order valence-corrected chi connectivity index (χ1v) is 8.69. The van der Waals surface area contributed by atoms with Crippen molar-refractivity contribution >= 4 is 40.9 Å². The van der Waals surface area contributed by atoms with Crippen LogP contribution < -0.4 is 10.2 Å². The molecule has 2 aromatic rings. The number of rotatable bonds is 7. The number of amides is 1. The summed E-state index contributed by atoms with van der Waals surface area (Å²) in [5.41, 5.74) is 2.15. The van der Waals surface area contributed by atoms with Crippen molar-refractivity contribution in [2.75, 3.05) is 23.3 Å². The van der Waals surface area contributed by atoms with Gasteiger partial charge in [0.15, 0.2) is 0 Å². The van der Waals surface area contributed by atoms with Gasteiger partial charge >= 0.3 is 5.97 Å². The zero-order valence-corrected chi connectivity index (χ0v) is 15.5. The molecule has 1 amide bonds. The summed E-state index contributed by atoms with van der Waals surface area (Å²) in [6, 6.07) is 12.1. The Morgan fingerprint density at radius 3 is 2.35 bits per heavy atom. The number of nitrogens with zero attached hydrogens (tertiary/aromatic N) is 1. The second-order valence-corrected chi connectivity index (χ2v) is 6.02. The molecule has 0 aliphatic rings. The highest BCUT2D eigenvalue weighted by Gasteiger charge is 2.12. The summed E-state index contributed by atoms with van der Waals surface area (Å²) in [7, 11) is 0. The van der Waals surface area contributed by atoms with Gasteiger partial charge in [-0.15, -0.1) is 0 Å². The Hall–Kier alpha value is -2.79. The highest BCUT2D eigenvalue weighted by molar-refractivity contribution is 6.31. The maximum Gasteiger partial charge on any atom is 0.337 e. The van der Waals surface area contributed by atoms with Gasteiger partial charge in [0.2, 0.25) is 5.91 Å². The van der Waals surface area contributed by atoms with Crippen molar-refractivity contribution in [3.05, 3.63) is 64.7 Å². The van der Waals surface area contributed by atoms with Gasteiger partial charge in [0, 0.05) is 29.9 Å². The highest BCUT2D eigenvalue weighted by Crippen LogP contribution is 2.21. The number of halogens is 1. The predicted molar refractivity (Wildman–Crippen MR) is 106 cm³/mol. The number of carbonyl (C=O) groups excluding carboxylic acids is 1. The average molecular weight is 373 g/mol. The zero-order chi connectivity index (χ0) is 19.1. The molecule has 0 saturated carbocycles. The van der Waals surface area contributed by atoms with Gasteiger partial charge in [0.1, 0.15) is 0 Å². The van der Waals surface area contributed by atoms with Gasteiger partial charge < -0.3 is 15.3 Å². The van der Waals surface area contributed by atoms with E-state index in [4.69, 9.17) is 11.6 Å². The maximum atomic E-state index is 12.1. The van der Waals surface area contributed by atoms with E-state index in [2.05, 4.69) is 24.1 Å². The molecule has 2 aromatic carbocycles. The smallest absolute Gasteiger partial charge is 0.337 e. The molecular weight excluding hydrogens is 352 g/mol. The molecule has 0 aliphatic heterocycles. The predicted octanol–water partition coefficient (Wildman–Crippen LogP) is 4.54. The van der Waals surface area contributed by atoms with Crippen molar-refractivity contribution in [2.45, 2.75) is 13.8 Å². The van der Waals surface area contributed by atoms with Crippen molar-refractivity contribution in [1.29, 1.82) is 0 Å². The molecule has 0 heterocycles. The molecule has 26 heavy (non-hydrogen) atoms. The molecule has 0 fully saturated rings. The van der Waals surface area contributed by atoms with Crippen LogP contribution in [0.5, 0.6) is 0 Å². The number of nitrogens with one attached hydrogen (secondary N) is 1. The van der Waals surface area contributed by atoms with E-state index < -0.39 is 11.9 Å². The van der Waals surface area contributed by atoms with Gasteiger partial charge in [-0.25, -0.2) is 4.79 Å². The minimum atomic E-state index is -1.13. The molecular formula is C20H21ClN2O3. The number of carboxylic acid groups (broad SMARTS) is 1. The first kappa shape index (κ1) is 19.5. The molecule has 6 heteroatoms. The topological polar surface area (TPSA) is 69.6 Å². The number of carbonyl (C=O) groups is 2. The van der Waals surface area contributed by atoms with Crippen molar-refractivity contribution in [3.8, 4) is 0 Å². The molecule has 2 N–H and O–H groups in total. The Morgan fingerprint density at radius 1 is 1.12 bits per heavy atom. The molecule has 0 spiro atoms. The number of carboxylic acids is 1. The van der Waals surface area contributed by atoms with E-state index in [0.29, 0.717) is 5.02 Å². The Morgan fingerprint density at radius 2 is 1.77 bits per heavy atom. The maximum absolute atomic E-state index is 12.1. The lowest BCUT2D eigenvalue weighted by atomic mass is 10.1. The van der Waals surface area contributed by atoms with Gasteiger partial charge in [-0.05, 0) is 55.8 Å². The van der Waals surface area contributed by atoms with Crippen molar-refractivity contribution in [2.24, 2.45) is 0 Å². The molecule has 0 bridgehead atoms. The lowest BCUT2D eigenvalue weighted by Gasteiger charge is -2.20. The molecule has 0 aliphatic carbocycles. The molecule has 0 radical (unpaired) electrons. The van der Waals surface area contributed by atoms with Gasteiger partial charge in [-0.2, -0.15) is 0 Å². The average Bonchev–Trinajstić information content (AvgIpc) is 2.62. The van der Waals surface area contributed by atoms with Crippen LogP contribution in [0.2, 0.25) is 5.02 Å². The molecule has 0 aromatic heterocycles. The van der Waals surface area contributed by atoms with Crippen LogP contribution in [0.15, 0.2) is 48.5 Å². The fourth-order valence-electron chi connectivity index (χ4n) is 2.54. The number of hydrogen-bond donors (Lipinski definition) is 2. The normalized spacial score (nSPS) is 10.7. The molecule has 0 saturated heterocycles. The van der Waals surface area contributed by atoms with Crippen molar-refractivity contribution in [1.82, 2.24) is 0 Å². The SMILES string of the molecule is CCN(CC)c1ccc(/C=C/C(=O)Nc2cc(Cl)ccc2C(=O)O)cc1. The van der Waals surface area contributed by atoms with E-state index in [-0.39, 0.29) is 11.3 Å². The summed E-state index contributed by atoms with van der Waals surface area (Å²) in [6.45, 7) is 6.06. The van der Waals surface area contributed by atoms with Crippen LogP contribution in [0.1, 0.15) is 29.8 Å². The summed E-state index contributed by atoms with van der Waals surface area (Å²) in [5.74, 6) is -1.56. The molecule has 0 unspecified atom stereocenters. The van der Waals surface area contributed by atoms with Crippen molar-refractivity contribution in [3.63, 3.8) is 0 Å².